The molecule has 202 valence electrons. The van der Waals surface area contributed by atoms with Gasteiger partial charge in [-0.25, -0.2) is 18.4 Å². The van der Waals surface area contributed by atoms with Crippen LogP contribution in [0.3, 0.4) is 0 Å². The van der Waals surface area contributed by atoms with Crippen LogP contribution in [-0.4, -0.2) is 71.2 Å². The normalized spacial score (nSPS) is 20.0. The van der Waals surface area contributed by atoms with Gasteiger partial charge in [0, 0.05) is 18.4 Å². The van der Waals surface area contributed by atoms with Crippen LogP contribution in [0.5, 0.6) is 5.88 Å². The summed E-state index contributed by atoms with van der Waals surface area (Å²) >= 11 is 1.22. The molecule has 3 heterocycles. The van der Waals surface area contributed by atoms with Gasteiger partial charge in [-0.15, -0.1) is 11.3 Å². The molecule has 2 aliphatic carbocycles. The molecule has 38 heavy (non-hydrogen) atoms. The van der Waals surface area contributed by atoms with E-state index in [9.17, 15) is 13.2 Å². The van der Waals surface area contributed by atoms with E-state index in [1.165, 1.54) is 17.5 Å². The molecule has 11 nitrogen and oxygen atoms in total. The SMILES string of the molecule is CCOc1cncc(-c2cnc(C(=O)NC(c3cc(NS(=O)(=O)C4CC4)ccn3)C3CC(N(C)C)C3)s2)n1. The van der Waals surface area contributed by atoms with Gasteiger partial charge in [-0.2, -0.15) is 0 Å². The van der Waals surface area contributed by atoms with Crippen molar-refractivity contribution in [1.82, 2.24) is 30.2 Å². The van der Waals surface area contributed by atoms with Crippen LogP contribution < -0.4 is 14.8 Å². The predicted octanol–water partition coefficient (Wildman–Crippen LogP) is 3.11. The molecule has 2 fully saturated rings. The molecule has 1 unspecified atom stereocenters. The molecule has 2 N–H and O–H groups in total. The summed E-state index contributed by atoms with van der Waals surface area (Å²) in [4.78, 5) is 33.7. The topological polar surface area (TPSA) is 139 Å². The minimum atomic E-state index is -3.41. The number of sulfonamides is 1. The highest BCUT2D eigenvalue weighted by molar-refractivity contribution is 7.93. The number of aromatic nitrogens is 4. The summed E-state index contributed by atoms with van der Waals surface area (Å²) < 4.78 is 33.0. The molecule has 0 radical (unpaired) electrons. The lowest BCUT2D eigenvalue weighted by Crippen LogP contribution is -2.47. The van der Waals surface area contributed by atoms with Crippen molar-refractivity contribution in [2.45, 2.75) is 49.9 Å². The number of amides is 1. The van der Waals surface area contributed by atoms with Crippen LogP contribution >= 0.6 is 11.3 Å². The summed E-state index contributed by atoms with van der Waals surface area (Å²) in [5.41, 5.74) is 1.65. The zero-order valence-corrected chi connectivity index (χ0v) is 23.1. The van der Waals surface area contributed by atoms with E-state index in [0.29, 0.717) is 58.3 Å². The number of carbonyl (C=O) groups excluding carboxylic acids is 1. The molecular weight excluding hydrogens is 526 g/mol. The van der Waals surface area contributed by atoms with Crippen molar-refractivity contribution in [2.75, 3.05) is 25.4 Å². The smallest absolute Gasteiger partial charge is 0.280 e. The number of hydrogen-bond acceptors (Lipinski definition) is 10. The molecular formula is C25H31N7O4S2. The lowest BCUT2D eigenvalue weighted by Gasteiger charge is -2.43. The van der Waals surface area contributed by atoms with Crippen LogP contribution in [0.2, 0.25) is 0 Å². The van der Waals surface area contributed by atoms with E-state index in [1.54, 1.807) is 30.7 Å². The molecule has 0 saturated heterocycles. The van der Waals surface area contributed by atoms with Gasteiger partial charge in [-0.3, -0.25) is 19.5 Å². The average Bonchev–Trinajstić information content (AvgIpc) is 3.60. The molecule has 0 aromatic carbocycles. The molecule has 2 saturated carbocycles. The highest BCUT2D eigenvalue weighted by atomic mass is 32.2. The molecule has 0 spiro atoms. The monoisotopic (exact) mass is 557 g/mol. The van der Waals surface area contributed by atoms with Gasteiger partial charge in [0.05, 0.1) is 46.6 Å². The van der Waals surface area contributed by atoms with Gasteiger partial charge in [0.1, 0.15) is 5.69 Å². The van der Waals surface area contributed by atoms with Crippen molar-refractivity contribution in [3.05, 3.63) is 47.6 Å². The zero-order valence-electron chi connectivity index (χ0n) is 21.5. The van der Waals surface area contributed by atoms with E-state index in [2.05, 4.69) is 34.9 Å². The molecule has 1 amide bonds. The van der Waals surface area contributed by atoms with Gasteiger partial charge in [0.25, 0.3) is 5.91 Å². The maximum absolute atomic E-state index is 13.3. The third kappa shape index (κ3) is 5.94. The molecule has 1 atom stereocenters. The number of thiazole rings is 1. The van der Waals surface area contributed by atoms with Crippen molar-refractivity contribution in [2.24, 2.45) is 5.92 Å². The fourth-order valence-corrected chi connectivity index (χ4v) is 6.60. The van der Waals surface area contributed by atoms with Crippen molar-refractivity contribution >= 4 is 33.0 Å². The Bertz CT molecular complexity index is 1400. The first-order valence-electron chi connectivity index (χ1n) is 12.6. The lowest BCUT2D eigenvalue weighted by molar-refractivity contribution is 0.0757. The van der Waals surface area contributed by atoms with Crippen molar-refractivity contribution in [1.29, 1.82) is 0 Å². The Labute approximate surface area is 226 Å². The van der Waals surface area contributed by atoms with Gasteiger partial charge in [0.2, 0.25) is 15.9 Å². The first kappa shape index (κ1) is 26.4. The third-order valence-electron chi connectivity index (χ3n) is 6.82. The summed E-state index contributed by atoms with van der Waals surface area (Å²) in [5.74, 6) is 0.245. The fraction of sp³-hybridized carbons (Fsp3) is 0.480. The summed E-state index contributed by atoms with van der Waals surface area (Å²) in [7, 11) is 0.673. The number of rotatable bonds is 11. The van der Waals surface area contributed by atoms with Gasteiger partial charge in [-0.05, 0) is 64.8 Å². The van der Waals surface area contributed by atoms with Crippen molar-refractivity contribution in [3.8, 4) is 16.5 Å². The van der Waals surface area contributed by atoms with Crippen LogP contribution in [0.1, 0.15) is 54.1 Å². The van der Waals surface area contributed by atoms with Gasteiger partial charge in [0.15, 0.2) is 5.01 Å². The van der Waals surface area contributed by atoms with E-state index in [4.69, 9.17) is 4.74 Å². The van der Waals surface area contributed by atoms with Crippen molar-refractivity contribution in [3.63, 3.8) is 0 Å². The summed E-state index contributed by atoms with van der Waals surface area (Å²) in [6.45, 7) is 2.35. The fourth-order valence-electron chi connectivity index (χ4n) is 4.45. The zero-order chi connectivity index (χ0) is 26.9. The minimum absolute atomic E-state index is 0.155. The molecule has 3 aromatic heterocycles. The number of pyridine rings is 1. The average molecular weight is 558 g/mol. The Kier molecular flexibility index (Phi) is 7.59. The first-order chi connectivity index (χ1) is 18.2. The maximum Gasteiger partial charge on any atom is 0.280 e. The number of hydrogen-bond donors (Lipinski definition) is 2. The molecule has 3 aromatic rings. The Morgan fingerprint density at radius 1 is 1.21 bits per heavy atom. The van der Waals surface area contributed by atoms with Crippen LogP contribution in [-0.2, 0) is 10.0 Å². The standard InChI is InChI=1S/C25H31N7O4S2/c1-4-36-22-14-26-12-20(29-22)21-13-28-25(37-21)24(33)30-23(15-9-17(10-15)32(2)3)19-11-16(7-8-27-19)31-38(34,35)18-5-6-18/h7-8,11-15,17-18,23H,4-6,9-10H2,1-3H3,(H,27,31)(H,30,33). The predicted molar refractivity (Wildman–Crippen MR) is 145 cm³/mol. The van der Waals surface area contributed by atoms with Gasteiger partial charge < -0.3 is 15.0 Å². The summed E-state index contributed by atoms with van der Waals surface area (Å²) in [6.07, 6.45) is 9.46. The second-order valence-electron chi connectivity index (χ2n) is 9.82. The van der Waals surface area contributed by atoms with E-state index in [-0.39, 0.29) is 17.1 Å². The number of anilines is 1. The van der Waals surface area contributed by atoms with Crippen LogP contribution in [0, 0.1) is 5.92 Å². The minimum Gasteiger partial charge on any atom is -0.477 e. The van der Waals surface area contributed by atoms with Crippen molar-refractivity contribution < 1.29 is 17.9 Å². The molecule has 0 bridgehead atoms. The van der Waals surface area contributed by atoms with E-state index in [0.717, 1.165) is 12.8 Å². The quantitative estimate of drug-likeness (QED) is 0.364. The molecule has 5 rings (SSSR count). The van der Waals surface area contributed by atoms with Crippen LogP contribution in [0.25, 0.3) is 10.6 Å². The Hall–Kier alpha value is -3.16. The highest BCUT2D eigenvalue weighted by Crippen LogP contribution is 2.40. The highest BCUT2D eigenvalue weighted by Gasteiger charge is 2.39. The van der Waals surface area contributed by atoms with Crippen LogP contribution in [0.15, 0.2) is 36.9 Å². The largest absolute Gasteiger partial charge is 0.477 e. The van der Waals surface area contributed by atoms with E-state index in [1.807, 2.05) is 21.0 Å². The second kappa shape index (κ2) is 10.9. The second-order valence-corrected chi connectivity index (χ2v) is 12.8. The Balaban J connectivity index is 1.36. The third-order valence-corrected chi connectivity index (χ3v) is 9.71. The first-order valence-corrected chi connectivity index (χ1v) is 15.0. The summed E-state index contributed by atoms with van der Waals surface area (Å²) in [6, 6.07) is 3.38. The Morgan fingerprint density at radius 3 is 2.71 bits per heavy atom. The molecule has 2 aliphatic rings. The lowest BCUT2D eigenvalue weighted by atomic mass is 9.74. The Morgan fingerprint density at radius 2 is 2.00 bits per heavy atom. The number of nitrogens with one attached hydrogen (secondary N) is 2. The maximum atomic E-state index is 13.3. The number of carbonyl (C=O) groups is 1. The van der Waals surface area contributed by atoms with Gasteiger partial charge in [-0.1, -0.05) is 0 Å². The van der Waals surface area contributed by atoms with Gasteiger partial charge >= 0.3 is 0 Å². The molecule has 0 aliphatic heterocycles. The van der Waals surface area contributed by atoms with E-state index < -0.39 is 16.1 Å². The number of nitrogens with zero attached hydrogens (tertiary/aromatic N) is 5. The molecule has 13 heteroatoms. The van der Waals surface area contributed by atoms with Crippen LogP contribution in [0.4, 0.5) is 5.69 Å². The summed E-state index contributed by atoms with van der Waals surface area (Å²) in [5, 5.41) is 3.08. The van der Waals surface area contributed by atoms with E-state index >= 15 is 0 Å². The number of ether oxygens (including phenoxy) is 1.